The van der Waals surface area contributed by atoms with E-state index in [4.69, 9.17) is 16.3 Å². The number of hydrogen-bond donors (Lipinski definition) is 1. The van der Waals surface area contributed by atoms with E-state index in [1.165, 1.54) is 9.80 Å². The highest BCUT2D eigenvalue weighted by molar-refractivity contribution is 7.14. The smallest absolute Gasteiger partial charge is 0.304 e. The van der Waals surface area contributed by atoms with Gasteiger partial charge in [0, 0.05) is 60.1 Å². The predicted molar refractivity (Wildman–Crippen MR) is 157 cm³/mol. The van der Waals surface area contributed by atoms with E-state index in [9.17, 15) is 19.5 Å². The summed E-state index contributed by atoms with van der Waals surface area (Å²) in [7, 11) is 1.68. The first-order valence-electron chi connectivity index (χ1n) is 14.0. The largest absolute Gasteiger partial charge is 0.481 e. The van der Waals surface area contributed by atoms with Gasteiger partial charge < -0.3 is 9.84 Å². The fraction of sp³-hybridized carbons (Fsp3) is 0.433. The molecule has 1 aromatic carbocycles. The number of carbonyl (C=O) groups is 3. The summed E-state index contributed by atoms with van der Waals surface area (Å²) < 4.78 is 21.2. The molecule has 1 atom stereocenters. The summed E-state index contributed by atoms with van der Waals surface area (Å²) >= 11 is 7.14. The predicted octanol–water partition coefficient (Wildman–Crippen LogP) is 5.59. The van der Waals surface area contributed by atoms with Crippen molar-refractivity contribution < 1.29 is 28.6 Å². The monoisotopic (exact) mass is 612 g/mol. The minimum absolute atomic E-state index is 0.0518. The van der Waals surface area contributed by atoms with Crippen molar-refractivity contribution in [2.75, 3.05) is 30.1 Å². The number of aromatic nitrogens is 2. The Balaban J connectivity index is 1.34. The normalized spacial score (nSPS) is 17.8. The van der Waals surface area contributed by atoms with Gasteiger partial charge in [-0.3, -0.25) is 24.2 Å². The van der Waals surface area contributed by atoms with Crippen LogP contribution >= 0.6 is 22.9 Å². The third-order valence-electron chi connectivity index (χ3n) is 8.18. The fourth-order valence-corrected chi connectivity index (χ4v) is 6.89. The molecule has 12 heteroatoms. The van der Waals surface area contributed by atoms with Crippen molar-refractivity contribution in [1.82, 2.24) is 9.97 Å². The quantitative estimate of drug-likeness (QED) is 0.335. The van der Waals surface area contributed by atoms with Crippen LogP contribution in [0.25, 0.3) is 22.4 Å². The molecule has 2 aromatic heterocycles. The van der Waals surface area contributed by atoms with Crippen LogP contribution in [0, 0.1) is 17.0 Å². The molecule has 0 bridgehead atoms. The molecule has 3 aromatic rings. The van der Waals surface area contributed by atoms with Gasteiger partial charge in [-0.05, 0) is 61.8 Å². The summed E-state index contributed by atoms with van der Waals surface area (Å²) in [5, 5.41) is 9.64. The minimum atomic E-state index is -1.04. The molecule has 1 saturated carbocycles. The average Bonchev–Trinajstić information content (AvgIpc) is 3.66. The van der Waals surface area contributed by atoms with Gasteiger partial charge in [0.2, 0.25) is 16.9 Å². The maximum absolute atomic E-state index is 15.7. The van der Waals surface area contributed by atoms with E-state index < -0.39 is 17.0 Å². The molecule has 42 heavy (non-hydrogen) atoms. The number of thiazole rings is 1. The van der Waals surface area contributed by atoms with E-state index in [1.807, 2.05) is 6.07 Å². The summed E-state index contributed by atoms with van der Waals surface area (Å²) in [6, 6.07) is 6.82. The Morgan fingerprint density at radius 1 is 1.21 bits per heavy atom. The molecule has 2 amide bonds. The molecule has 1 unspecified atom stereocenters. The third kappa shape index (κ3) is 5.77. The lowest BCUT2D eigenvalue weighted by molar-refractivity contribution is -0.141. The summed E-state index contributed by atoms with van der Waals surface area (Å²) in [5.41, 5.74) is 2.60. The Hall–Kier alpha value is -3.41. The maximum Gasteiger partial charge on any atom is 0.304 e. The fourth-order valence-electron chi connectivity index (χ4n) is 5.83. The Morgan fingerprint density at radius 2 is 1.98 bits per heavy atom. The molecule has 4 heterocycles. The first-order chi connectivity index (χ1) is 20.2. The van der Waals surface area contributed by atoms with Gasteiger partial charge in [0.15, 0.2) is 5.13 Å². The minimum Gasteiger partial charge on any atom is -0.481 e. The summed E-state index contributed by atoms with van der Waals surface area (Å²) in [6.45, 7) is 1.20. The Labute approximate surface area is 251 Å². The van der Waals surface area contributed by atoms with E-state index in [0.717, 1.165) is 42.6 Å². The number of halogens is 2. The van der Waals surface area contributed by atoms with Gasteiger partial charge in [0.05, 0.1) is 12.8 Å². The van der Waals surface area contributed by atoms with Crippen molar-refractivity contribution in [3.8, 4) is 22.4 Å². The number of carboxylic acids is 1. The standard InChI is InChI=1S/C30H30ClFN4O5S/c1-35-24(37)12-17-11-19(15-33-28(17)35)22-5-2-20(31)14-23(22)26-27(32)42-30(34-26)36(21-3-4-21)29(40)18(13-25(38)39)10-16-6-8-41-9-7-16/h2,5,11,14-16,18,21H,3-4,6-10,12-13H2,1H3,(H,38,39). The van der Waals surface area contributed by atoms with E-state index in [0.29, 0.717) is 47.2 Å². The number of carbonyl (C=O) groups excluding carboxylic acids is 2. The van der Waals surface area contributed by atoms with Crippen molar-refractivity contribution in [2.24, 2.45) is 11.8 Å². The zero-order valence-electron chi connectivity index (χ0n) is 23.0. The number of likely N-dealkylation sites (N-methyl/N-ethyl adjacent to an activating group) is 1. The number of pyridine rings is 1. The van der Waals surface area contributed by atoms with Crippen molar-refractivity contribution in [3.63, 3.8) is 0 Å². The summed E-state index contributed by atoms with van der Waals surface area (Å²) in [6.07, 6.45) is 5.07. The van der Waals surface area contributed by atoms with Gasteiger partial charge in [-0.15, -0.1) is 0 Å². The molecular weight excluding hydrogens is 583 g/mol. The number of aliphatic carboxylic acids is 1. The maximum atomic E-state index is 15.7. The number of hydrogen-bond acceptors (Lipinski definition) is 7. The van der Waals surface area contributed by atoms with Crippen LogP contribution in [0.5, 0.6) is 0 Å². The van der Waals surface area contributed by atoms with Crippen LogP contribution in [-0.2, 0) is 25.5 Å². The van der Waals surface area contributed by atoms with Crippen LogP contribution in [-0.4, -0.2) is 59.2 Å². The highest BCUT2D eigenvalue weighted by atomic mass is 35.5. The molecule has 220 valence electrons. The van der Waals surface area contributed by atoms with Gasteiger partial charge in [-0.1, -0.05) is 29.0 Å². The average molecular weight is 613 g/mol. The number of ether oxygens (including phenoxy) is 1. The van der Waals surface area contributed by atoms with Gasteiger partial charge in [-0.2, -0.15) is 4.39 Å². The molecule has 3 aliphatic rings. The molecule has 6 rings (SSSR count). The Morgan fingerprint density at radius 3 is 2.69 bits per heavy atom. The zero-order chi connectivity index (χ0) is 29.5. The Bertz CT molecular complexity index is 1550. The van der Waals surface area contributed by atoms with Crippen LogP contribution in [0.2, 0.25) is 5.02 Å². The van der Waals surface area contributed by atoms with Crippen molar-refractivity contribution >= 4 is 51.7 Å². The van der Waals surface area contributed by atoms with Gasteiger partial charge in [0.25, 0.3) is 0 Å². The van der Waals surface area contributed by atoms with Crippen LogP contribution in [0.1, 0.15) is 44.1 Å². The second-order valence-electron chi connectivity index (χ2n) is 11.2. The SMILES string of the molecule is CN1C(=O)Cc2cc(-c3ccc(Cl)cc3-c3nc(N(C(=O)C(CC(=O)O)CC4CCOCC4)C4CC4)sc3F)cnc21. The topological polar surface area (TPSA) is 113 Å². The second kappa shape index (κ2) is 11.7. The van der Waals surface area contributed by atoms with Crippen molar-refractivity contribution in [1.29, 1.82) is 0 Å². The molecule has 9 nitrogen and oxygen atoms in total. The number of amides is 2. The van der Waals surface area contributed by atoms with Crippen LogP contribution < -0.4 is 9.80 Å². The van der Waals surface area contributed by atoms with Crippen molar-refractivity contribution in [3.05, 3.63) is 46.2 Å². The zero-order valence-corrected chi connectivity index (χ0v) is 24.6. The highest BCUT2D eigenvalue weighted by Crippen LogP contribution is 2.43. The Kier molecular flexibility index (Phi) is 7.99. The molecule has 1 N–H and O–H groups in total. The molecule has 2 aliphatic heterocycles. The van der Waals surface area contributed by atoms with E-state index in [-0.39, 0.29) is 47.4 Å². The molecule has 0 spiro atoms. The van der Waals surface area contributed by atoms with Crippen molar-refractivity contribution in [2.45, 2.75) is 51.0 Å². The first-order valence-corrected chi connectivity index (χ1v) is 15.2. The van der Waals surface area contributed by atoms with Gasteiger partial charge in [0.1, 0.15) is 11.5 Å². The van der Waals surface area contributed by atoms with Crippen LogP contribution in [0.4, 0.5) is 15.3 Å². The lowest BCUT2D eigenvalue weighted by Gasteiger charge is -2.29. The molecular formula is C30H30ClFN4O5S. The molecule has 1 saturated heterocycles. The van der Waals surface area contributed by atoms with Gasteiger partial charge >= 0.3 is 5.97 Å². The second-order valence-corrected chi connectivity index (χ2v) is 12.5. The third-order valence-corrected chi connectivity index (χ3v) is 9.26. The number of fused-ring (bicyclic) bond motifs is 1. The number of carboxylic acid groups (broad SMARTS) is 1. The number of benzene rings is 1. The van der Waals surface area contributed by atoms with E-state index in [2.05, 4.69) is 9.97 Å². The van der Waals surface area contributed by atoms with Crippen LogP contribution in [0.15, 0.2) is 30.5 Å². The molecule has 2 fully saturated rings. The first kappa shape index (κ1) is 28.7. The number of anilines is 2. The van der Waals surface area contributed by atoms with E-state index >= 15 is 4.39 Å². The van der Waals surface area contributed by atoms with Gasteiger partial charge in [-0.25, -0.2) is 9.97 Å². The lowest BCUT2D eigenvalue weighted by Crippen LogP contribution is -2.40. The van der Waals surface area contributed by atoms with E-state index in [1.54, 1.807) is 31.4 Å². The number of nitrogens with zero attached hydrogens (tertiary/aromatic N) is 4. The lowest BCUT2D eigenvalue weighted by atomic mass is 9.86. The highest BCUT2D eigenvalue weighted by Gasteiger charge is 2.40. The summed E-state index contributed by atoms with van der Waals surface area (Å²) in [4.78, 5) is 50.0. The summed E-state index contributed by atoms with van der Waals surface area (Å²) in [5.74, 6) is -1.36. The van der Waals surface area contributed by atoms with Crippen LogP contribution in [0.3, 0.4) is 0 Å². The number of rotatable bonds is 9. The molecule has 1 aliphatic carbocycles. The molecule has 0 radical (unpaired) electrons.